The standard InChI is InChI=1S/C16H17N3O/c1-12-10-13(11-20-12)16(17-2)15-8-9-18-19(15)14-6-4-3-5-7-14/h3-11,16-17H,1-2H3. The van der Waals surface area contributed by atoms with Crippen LogP contribution in [0.15, 0.2) is 59.3 Å². The van der Waals surface area contributed by atoms with Crippen molar-refractivity contribution >= 4 is 0 Å². The fraction of sp³-hybridized carbons (Fsp3) is 0.188. The normalized spacial score (nSPS) is 12.5. The van der Waals surface area contributed by atoms with Crippen LogP contribution in [0.1, 0.15) is 23.1 Å². The third kappa shape index (κ3) is 2.26. The Morgan fingerprint density at radius 3 is 2.65 bits per heavy atom. The Kier molecular flexibility index (Phi) is 3.39. The van der Waals surface area contributed by atoms with Gasteiger partial charge in [0.05, 0.1) is 23.7 Å². The lowest BCUT2D eigenvalue weighted by Crippen LogP contribution is -2.20. The van der Waals surface area contributed by atoms with Crippen molar-refractivity contribution in [3.05, 3.63) is 71.9 Å². The van der Waals surface area contributed by atoms with Crippen LogP contribution in [0.5, 0.6) is 0 Å². The van der Waals surface area contributed by atoms with Gasteiger partial charge < -0.3 is 9.73 Å². The van der Waals surface area contributed by atoms with Crippen LogP contribution >= 0.6 is 0 Å². The van der Waals surface area contributed by atoms with E-state index in [0.29, 0.717) is 0 Å². The first-order valence-electron chi connectivity index (χ1n) is 6.61. The summed E-state index contributed by atoms with van der Waals surface area (Å²) in [5, 5.41) is 7.76. The highest BCUT2D eigenvalue weighted by Crippen LogP contribution is 2.25. The van der Waals surface area contributed by atoms with E-state index in [4.69, 9.17) is 4.42 Å². The molecule has 0 radical (unpaired) electrons. The molecule has 2 heterocycles. The van der Waals surface area contributed by atoms with Crippen molar-refractivity contribution in [3.8, 4) is 5.69 Å². The van der Waals surface area contributed by atoms with Crippen molar-refractivity contribution in [2.75, 3.05) is 7.05 Å². The molecule has 1 N–H and O–H groups in total. The molecule has 0 aliphatic heterocycles. The van der Waals surface area contributed by atoms with Gasteiger partial charge in [-0.3, -0.25) is 0 Å². The number of aryl methyl sites for hydroxylation is 1. The van der Waals surface area contributed by atoms with Gasteiger partial charge in [0.15, 0.2) is 0 Å². The second-order valence-corrected chi connectivity index (χ2v) is 4.72. The largest absolute Gasteiger partial charge is 0.469 e. The second kappa shape index (κ2) is 5.35. The average molecular weight is 267 g/mol. The minimum atomic E-state index is 0.0511. The Morgan fingerprint density at radius 2 is 2.00 bits per heavy atom. The molecular formula is C16H17N3O. The number of benzene rings is 1. The summed E-state index contributed by atoms with van der Waals surface area (Å²) >= 11 is 0. The van der Waals surface area contributed by atoms with Crippen molar-refractivity contribution in [2.45, 2.75) is 13.0 Å². The topological polar surface area (TPSA) is 43.0 Å². The summed E-state index contributed by atoms with van der Waals surface area (Å²) in [5.74, 6) is 0.908. The molecule has 1 aromatic carbocycles. The highest BCUT2D eigenvalue weighted by atomic mass is 16.3. The van der Waals surface area contributed by atoms with Gasteiger partial charge in [0.2, 0.25) is 0 Å². The first-order chi connectivity index (χ1) is 9.79. The molecule has 0 aliphatic rings. The Bertz CT molecular complexity index is 685. The van der Waals surface area contributed by atoms with Crippen molar-refractivity contribution in [3.63, 3.8) is 0 Å². The van der Waals surface area contributed by atoms with E-state index >= 15 is 0 Å². The molecular weight excluding hydrogens is 250 g/mol. The van der Waals surface area contributed by atoms with Crippen LogP contribution in [0, 0.1) is 6.92 Å². The Balaban J connectivity index is 2.04. The maximum Gasteiger partial charge on any atom is 0.101 e. The average Bonchev–Trinajstić information content (AvgIpc) is 3.11. The molecule has 1 unspecified atom stereocenters. The number of nitrogens with zero attached hydrogens (tertiary/aromatic N) is 2. The Morgan fingerprint density at radius 1 is 1.20 bits per heavy atom. The van der Waals surface area contributed by atoms with Crippen LogP contribution in [0.3, 0.4) is 0 Å². The zero-order valence-electron chi connectivity index (χ0n) is 11.6. The van der Waals surface area contributed by atoms with Crippen LogP contribution in [-0.2, 0) is 0 Å². The summed E-state index contributed by atoms with van der Waals surface area (Å²) in [5.41, 5.74) is 3.23. The lowest BCUT2D eigenvalue weighted by atomic mass is 10.1. The van der Waals surface area contributed by atoms with Gasteiger partial charge in [-0.1, -0.05) is 18.2 Å². The third-order valence-corrected chi connectivity index (χ3v) is 3.34. The summed E-state index contributed by atoms with van der Waals surface area (Å²) in [6.07, 6.45) is 3.61. The van der Waals surface area contributed by atoms with Crippen molar-refractivity contribution < 1.29 is 4.42 Å². The Labute approximate surface area is 118 Å². The van der Waals surface area contributed by atoms with Gasteiger partial charge >= 0.3 is 0 Å². The molecule has 0 saturated heterocycles. The highest BCUT2D eigenvalue weighted by Gasteiger charge is 2.19. The van der Waals surface area contributed by atoms with E-state index in [9.17, 15) is 0 Å². The van der Waals surface area contributed by atoms with E-state index in [0.717, 1.165) is 22.7 Å². The smallest absolute Gasteiger partial charge is 0.101 e. The molecule has 0 amide bonds. The number of aromatic nitrogens is 2. The first-order valence-corrected chi connectivity index (χ1v) is 6.61. The van der Waals surface area contributed by atoms with E-state index in [2.05, 4.69) is 10.4 Å². The molecule has 2 aromatic heterocycles. The third-order valence-electron chi connectivity index (χ3n) is 3.34. The Hall–Kier alpha value is -2.33. The lowest BCUT2D eigenvalue weighted by Gasteiger charge is -2.16. The molecule has 3 rings (SSSR count). The fourth-order valence-corrected chi connectivity index (χ4v) is 2.42. The van der Waals surface area contributed by atoms with Gasteiger partial charge in [0, 0.05) is 11.8 Å². The minimum Gasteiger partial charge on any atom is -0.469 e. The van der Waals surface area contributed by atoms with Crippen LogP contribution < -0.4 is 5.32 Å². The zero-order valence-corrected chi connectivity index (χ0v) is 11.6. The number of nitrogens with one attached hydrogen (secondary N) is 1. The molecule has 0 spiro atoms. The van der Waals surface area contributed by atoms with Gasteiger partial charge in [-0.25, -0.2) is 4.68 Å². The maximum atomic E-state index is 5.42. The van der Waals surface area contributed by atoms with Gasteiger partial charge in [0.1, 0.15) is 5.76 Å². The highest BCUT2D eigenvalue weighted by molar-refractivity contribution is 5.36. The van der Waals surface area contributed by atoms with Gasteiger partial charge in [-0.05, 0) is 38.2 Å². The maximum absolute atomic E-state index is 5.42. The van der Waals surface area contributed by atoms with Gasteiger partial charge in [-0.2, -0.15) is 5.10 Å². The summed E-state index contributed by atoms with van der Waals surface area (Å²) in [7, 11) is 1.94. The molecule has 20 heavy (non-hydrogen) atoms. The van der Waals surface area contributed by atoms with Crippen molar-refractivity contribution in [1.29, 1.82) is 0 Å². The number of furan rings is 1. The number of para-hydroxylation sites is 1. The monoisotopic (exact) mass is 267 g/mol. The summed E-state index contributed by atoms with van der Waals surface area (Å²) < 4.78 is 7.37. The van der Waals surface area contributed by atoms with E-state index in [1.54, 1.807) is 6.26 Å². The van der Waals surface area contributed by atoms with E-state index in [1.165, 1.54) is 0 Å². The second-order valence-electron chi connectivity index (χ2n) is 4.72. The molecule has 1 atom stereocenters. The van der Waals surface area contributed by atoms with Crippen molar-refractivity contribution in [2.24, 2.45) is 0 Å². The number of hydrogen-bond acceptors (Lipinski definition) is 3. The summed E-state index contributed by atoms with van der Waals surface area (Å²) in [4.78, 5) is 0. The van der Waals surface area contributed by atoms with Gasteiger partial charge in [-0.15, -0.1) is 0 Å². The van der Waals surface area contributed by atoms with E-state index < -0.39 is 0 Å². The predicted molar refractivity (Wildman–Crippen MR) is 77.9 cm³/mol. The van der Waals surface area contributed by atoms with Crippen LogP contribution in [-0.4, -0.2) is 16.8 Å². The zero-order chi connectivity index (χ0) is 13.9. The molecule has 0 aliphatic carbocycles. The molecule has 0 saturated carbocycles. The summed E-state index contributed by atoms with van der Waals surface area (Å²) in [6.45, 7) is 1.95. The minimum absolute atomic E-state index is 0.0511. The lowest BCUT2D eigenvalue weighted by molar-refractivity contribution is 0.526. The SMILES string of the molecule is CNC(c1coc(C)c1)c1ccnn1-c1ccccc1. The first kappa shape index (κ1) is 12.7. The quantitative estimate of drug-likeness (QED) is 0.790. The van der Waals surface area contributed by atoms with Crippen LogP contribution in [0.2, 0.25) is 0 Å². The fourth-order valence-electron chi connectivity index (χ4n) is 2.42. The molecule has 102 valence electrons. The molecule has 4 heteroatoms. The summed E-state index contributed by atoms with van der Waals surface area (Å²) in [6, 6.07) is 14.2. The molecule has 3 aromatic rings. The predicted octanol–water partition coefficient (Wildman–Crippen LogP) is 3.08. The molecule has 4 nitrogen and oxygen atoms in total. The number of hydrogen-bond donors (Lipinski definition) is 1. The molecule has 0 bridgehead atoms. The van der Waals surface area contributed by atoms with E-state index in [-0.39, 0.29) is 6.04 Å². The molecule has 0 fully saturated rings. The van der Waals surface area contributed by atoms with Gasteiger partial charge in [0.25, 0.3) is 0 Å². The number of rotatable bonds is 4. The van der Waals surface area contributed by atoms with Crippen LogP contribution in [0.4, 0.5) is 0 Å². The van der Waals surface area contributed by atoms with Crippen molar-refractivity contribution in [1.82, 2.24) is 15.1 Å². The van der Waals surface area contributed by atoms with Crippen LogP contribution in [0.25, 0.3) is 5.69 Å². The van der Waals surface area contributed by atoms with E-state index in [1.807, 2.05) is 67.3 Å².